The molecular formula is C22H28FN5O2. The van der Waals surface area contributed by atoms with Gasteiger partial charge in [-0.3, -0.25) is 5.41 Å². The van der Waals surface area contributed by atoms with Crippen LogP contribution in [0.1, 0.15) is 33.4 Å². The van der Waals surface area contributed by atoms with Gasteiger partial charge in [-0.1, -0.05) is 0 Å². The molecule has 0 bridgehead atoms. The summed E-state index contributed by atoms with van der Waals surface area (Å²) in [6, 6.07) is 1.73. The molecule has 1 aliphatic rings. The van der Waals surface area contributed by atoms with Gasteiger partial charge in [-0.15, -0.1) is 12.2 Å². The highest BCUT2D eigenvalue weighted by Crippen LogP contribution is 2.22. The van der Waals surface area contributed by atoms with Gasteiger partial charge in [-0.2, -0.15) is 4.39 Å². The van der Waals surface area contributed by atoms with E-state index in [1.54, 1.807) is 19.9 Å². The average Bonchev–Trinajstić information content (AvgIpc) is 2.71. The van der Waals surface area contributed by atoms with Crippen molar-refractivity contribution in [3.8, 4) is 12.3 Å². The topological polar surface area (TPSA) is 97.4 Å². The molecule has 0 amide bonds. The van der Waals surface area contributed by atoms with Crippen molar-refractivity contribution in [2.75, 3.05) is 31.1 Å². The van der Waals surface area contributed by atoms with E-state index >= 15 is 0 Å². The van der Waals surface area contributed by atoms with Crippen LogP contribution < -0.4 is 10.6 Å². The summed E-state index contributed by atoms with van der Waals surface area (Å²) in [5.41, 5.74) is 9.12. The van der Waals surface area contributed by atoms with Gasteiger partial charge >= 0.3 is 0 Å². The van der Waals surface area contributed by atoms with E-state index in [1.807, 2.05) is 19.8 Å². The number of nitrogens with two attached hydrogens (primary N) is 1. The van der Waals surface area contributed by atoms with Crippen molar-refractivity contribution >= 4 is 11.5 Å². The first kappa shape index (κ1) is 23.3. The predicted octanol–water partition coefficient (Wildman–Crippen LogP) is 2.74. The lowest BCUT2D eigenvalue weighted by atomic mass is 10.1. The Labute approximate surface area is 177 Å². The Bertz CT molecular complexity index is 924. The molecule has 7 nitrogen and oxygen atoms in total. The summed E-state index contributed by atoms with van der Waals surface area (Å²) in [6.07, 6.45) is 7.52. The Morgan fingerprint density at radius 3 is 2.83 bits per heavy atom. The molecule has 0 spiro atoms. The van der Waals surface area contributed by atoms with Gasteiger partial charge < -0.3 is 20.1 Å². The molecule has 0 saturated carbocycles. The molecule has 3 N–H and O–H groups in total. The second kappa shape index (κ2) is 10.2. The van der Waals surface area contributed by atoms with Gasteiger partial charge in [0.25, 0.3) is 0 Å². The van der Waals surface area contributed by atoms with Crippen LogP contribution >= 0.6 is 0 Å². The molecule has 2 rings (SSSR count). The zero-order valence-electron chi connectivity index (χ0n) is 17.8. The Kier molecular flexibility index (Phi) is 7.90. The van der Waals surface area contributed by atoms with E-state index < -0.39 is 5.83 Å². The third-order valence-corrected chi connectivity index (χ3v) is 4.25. The minimum absolute atomic E-state index is 0.00584. The number of aromatic nitrogens is 2. The molecular weight excluding hydrogens is 385 g/mol. The van der Waals surface area contributed by atoms with Crippen molar-refractivity contribution in [1.82, 2.24) is 9.97 Å². The van der Waals surface area contributed by atoms with E-state index in [-0.39, 0.29) is 29.7 Å². The van der Waals surface area contributed by atoms with Crippen LogP contribution in [0.2, 0.25) is 0 Å². The maximum atomic E-state index is 13.9. The van der Waals surface area contributed by atoms with Gasteiger partial charge in [-0.25, -0.2) is 9.97 Å². The minimum Gasteiger partial charge on any atom is -0.487 e. The van der Waals surface area contributed by atoms with Crippen LogP contribution in [-0.4, -0.2) is 53.6 Å². The molecule has 0 aliphatic carbocycles. The standard InChI is InChI=1S/C22H28FN5O2/c1-6-17(23)19(30-15(2)3)8-7-16(12-24)21(25)18-11-20(27-14-26-18)28-9-10-29-22(4,5)13-28/h1,8,11,14-15,25H,9-10,12-13,24H2,2-5H3/b19-17-,25-21?. The Balaban J connectivity index is 2.33. The molecule has 1 saturated heterocycles. The summed E-state index contributed by atoms with van der Waals surface area (Å²) in [5.74, 6) is 1.62. The highest BCUT2D eigenvalue weighted by molar-refractivity contribution is 6.09. The second-order valence-electron chi connectivity index (χ2n) is 7.63. The van der Waals surface area contributed by atoms with Crippen LogP contribution in [0, 0.1) is 17.8 Å². The van der Waals surface area contributed by atoms with Crippen LogP contribution in [0.25, 0.3) is 0 Å². The second-order valence-corrected chi connectivity index (χ2v) is 7.63. The lowest BCUT2D eigenvalue weighted by Crippen LogP contribution is -2.48. The van der Waals surface area contributed by atoms with E-state index in [2.05, 4.69) is 20.6 Å². The molecule has 0 unspecified atom stereocenters. The van der Waals surface area contributed by atoms with Gasteiger partial charge in [0.05, 0.1) is 29.7 Å². The van der Waals surface area contributed by atoms with Gasteiger partial charge in [0, 0.05) is 37.3 Å². The number of nitrogens with one attached hydrogen (secondary N) is 1. The molecule has 1 aromatic rings. The number of nitrogens with zero attached hydrogens (tertiary/aromatic N) is 3. The van der Waals surface area contributed by atoms with Gasteiger partial charge in [0.2, 0.25) is 5.83 Å². The molecule has 160 valence electrons. The third-order valence-electron chi connectivity index (χ3n) is 4.25. The van der Waals surface area contributed by atoms with E-state index in [0.717, 1.165) is 0 Å². The number of hydrogen-bond donors (Lipinski definition) is 2. The summed E-state index contributed by atoms with van der Waals surface area (Å²) in [4.78, 5) is 10.6. The molecule has 1 aliphatic heterocycles. The summed E-state index contributed by atoms with van der Waals surface area (Å²) >= 11 is 0. The number of ether oxygens (including phenoxy) is 2. The van der Waals surface area contributed by atoms with Gasteiger partial charge in [0.1, 0.15) is 12.1 Å². The number of terminal acetylenes is 1. The average molecular weight is 413 g/mol. The van der Waals surface area contributed by atoms with Crippen molar-refractivity contribution in [2.24, 2.45) is 5.73 Å². The summed E-state index contributed by atoms with van der Waals surface area (Å²) in [6.45, 7) is 9.50. The lowest BCUT2D eigenvalue weighted by molar-refractivity contribution is -0.0279. The zero-order valence-corrected chi connectivity index (χ0v) is 17.8. The zero-order chi connectivity index (χ0) is 22.3. The first-order valence-electron chi connectivity index (χ1n) is 9.65. The van der Waals surface area contributed by atoms with Crippen molar-refractivity contribution < 1.29 is 13.9 Å². The van der Waals surface area contributed by atoms with Crippen molar-refractivity contribution in [1.29, 1.82) is 5.41 Å². The maximum absolute atomic E-state index is 13.9. The largest absolute Gasteiger partial charge is 0.487 e. The van der Waals surface area contributed by atoms with Gasteiger partial charge in [-0.05, 0) is 33.6 Å². The highest BCUT2D eigenvalue weighted by Gasteiger charge is 2.28. The Morgan fingerprint density at radius 1 is 1.50 bits per heavy atom. The summed E-state index contributed by atoms with van der Waals surface area (Å²) in [7, 11) is 0. The predicted molar refractivity (Wildman–Crippen MR) is 115 cm³/mol. The summed E-state index contributed by atoms with van der Waals surface area (Å²) < 4.78 is 25.0. The molecule has 1 aromatic heterocycles. The number of anilines is 1. The monoisotopic (exact) mass is 413 g/mol. The molecule has 8 heteroatoms. The first-order valence-corrected chi connectivity index (χ1v) is 9.65. The van der Waals surface area contributed by atoms with E-state index in [4.69, 9.17) is 27.0 Å². The molecule has 30 heavy (non-hydrogen) atoms. The smallest absolute Gasteiger partial charge is 0.215 e. The molecule has 0 atom stereocenters. The maximum Gasteiger partial charge on any atom is 0.215 e. The number of halogens is 1. The van der Waals surface area contributed by atoms with Crippen LogP contribution in [0.4, 0.5) is 10.2 Å². The number of rotatable bonds is 7. The SMILES string of the molecule is C#C/C(F)=C(\C=C=C(CN)C(=N)c1cc(N2CCOC(C)(C)C2)ncn1)OC(C)C. The normalized spacial score (nSPS) is 16.3. The third kappa shape index (κ3) is 6.26. The summed E-state index contributed by atoms with van der Waals surface area (Å²) in [5, 5.41) is 8.49. The molecule has 2 heterocycles. The van der Waals surface area contributed by atoms with E-state index in [1.165, 1.54) is 12.4 Å². The fourth-order valence-corrected chi connectivity index (χ4v) is 2.88. The van der Waals surface area contributed by atoms with Crippen molar-refractivity contribution in [3.05, 3.63) is 47.1 Å². The Morgan fingerprint density at radius 2 is 2.23 bits per heavy atom. The fourth-order valence-electron chi connectivity index (χ4n) is 2.88. The van der Waals surface area contributed by atoms with Crippen LogP contribution in [0.15, 0.2) is 41.4 Å². The van der Waals surface area contributed by atoms with Crippen LogP contribution in [0.3, 0.4) is 0 Å². The van der Waals surface area contributed by atoms with E-state index in [9.17, 15) is 4.39 Å². The van der Waals surface area contributed by atoms with Gasteiger partial charge in [0.15, 0.2) is 5.76 Å². The minimum atomic E-state index is -0.849. The highest BCUT2D eigenvalue weighted by atomic mass is 19.1. The van der Waals surface area contributed by atoms with Crippen molar-refractivity contribution in [2.45, 2.75) is 39.4 Å². The number of allylic oxidation sites excluding steroid dienone is 2. The Hall–Kier alpha value is -2.98. The quantitative estimate of drug-likeness (QED) is 0.235. The number of hydrogen-bond acceptors (Lipinski definition) is 7. The van der Waals surface area contributed by atoms with E-state index in [0.29, 0.717) is 36.8 Å². The fraction of sp³-hybridized carbons (Fsp3) is 0.455. The van der Waals surface area contributed by atoms with Crippen LogP contribution in [0.5, 0.6) is 0 Å². The van der Waals surface area contributed by atoms with Crippen LogP contribution in [-0.2, 0) is 9.47 Å². The number of morpholine rings is 1. The van der Waals surface area contributed by atoms with Crippen molar-refractivity contribution in [3.63, 3.8) is 0 Å². The molecule has 0 aromatic carbocycles. The molecule has 0 radical (unpaired) electrons. The first-order chi connectivity index (χ1) is 14.2. The lowest BCUT2D eigenvalue weighted by Gasteiger charge is -2.38. The molecule has 1 fully saturated rings.